The Morgan fingerprint density at radius 3 is 2.62 bits per heavy atom. The molecule has 0 saturated heterocycles. The van der Waals surface area contributed by atoms with E-state index in [9.17, 15) is 22.8 Å². The molecule has 184 valence electrons. The monoisotopic (exact) mass is 478 g/mol. The van der Waals surface area contributed by atoms with Crippen LogP contribution in [-0.4, -0.2) is 36.6 Å². The Morgan fingerprint density at radius 1 is 1.18 bits per heavy atom. The minimum Gasteiger partial charge on any atom is -0.489 e. The number of carboxylic acid groups (broad SMARTS) is 1. The first-order valence-electron chi connectivity index (χ1n) is 11.2. The van der Waals surface area contributed by atoms with Crippen molar-refractivity contribution in [1.82, 2.24) is 5.32 Å². The Kier molecular flexibility index (Phi) is 8.19. The van der Waals surface area contributed by atoms with Crippen molar-refractivity contribution in [2.75, 3.05) is 24.5 Å². The van der Waals surface area contributed by atoms with Gasteiger partial charge in [0, 0.05) is 18.8 Å². The summed E-state index contributed by atoms with van der Waals surface area (Å²) in [7, 11) is 0. The second kappa shape index (κ2) is 10.9. The highest BCUT2D eigenvalue weighted by atomic mass is 19.4. The molecule has 0 saturated carbocycles. The van der Waals surface area contributed by atoms with Crippen LogP contribution in [0.15, 0.2) is 36.4 Å². The van der Waals surface area contributed by atoms with Gasteiger partial charge in [0.05, 0.1) is 18.5 Å². The Morgan fingerprint density at radius 2 is 1.94 bits per heavy atom. The van der Waals surface area contributed by atoms with Crippen LogP contribution in [0.2, 0.25) is 0 Å². The van der Waals surface area contributed by atoms with Crippen molar-refractivity contribution < 1.29 is 32.6 Å². The largest absolute Gasteiger partial charge is 0.489 e. The zero-order valence-electron chi connectivity index (χ0n) is 19.2. The molecule has 1 heterocycles. The average Bonchev–Trinajstić information content (AvgIpc) is 3.17. The second-order valence-corrected chi connectivity index (χ2v) is 8.78. The summed E-state index contributed by atoms with van der Waals surface area (Å²) in [6.07, 6.45) is -3.45. The molecule has 34 heavy (non-hydrogen) atoms. The zero-order chi connectivity index (χ0) is 24.9. The maximum Gasteiger partial charge on any atom is 0.416 e. The SMILES string of the molecule is CC(C)Cc1cc(COc2ccc3c(c2)CCN3C(=O)CNCCC(=O)O)ccc1C(F)(F)F. The van der Waals surface area contributed by atoms with Gasteiger partial charge >= 0.3 is 12.1 Å². The van der Waals surface area contributed by atoms with Crippen LogP contribution < -0.4 is 15.0 Å². The number of anilines is 1. The number of carbonyl (C=O) groups is 2. The molecule has 1 aliphatic heterocycles. The first-order valence-corrected chi connectivity index (χ1v) is 11.2. The smallest absolute Gasteiger partial charge is 0.416 e. The molecule has 0 bridgehead atoms. The lowest BCUT2D eigenvalue weighted by molar-refractivity contribution is -0.138. The molecule has 9 heteroatoms. The number of nitrogens with zero attached hydrogens (tertiary/aromatic N) is 1. The Bertz CT molecular complexity index is 1040. The zero-order valence-corrected chi connectivity index (χ0v) is 19.2. The third-order valence-corrected chi connectivity index (χ3v) is 5.55. The molecular formula is C25H29F3N2O4. The van der Waals surface area contributed by atoms with Crippen molar-refractivity contribution in [2.45, 2.75) is 45.9 Å². The van der Waals surface area contributed by atoms with Crippen LogP contribution in [-0.2, 0) is 35.2 Å². The first kappa shape index (κ1) is 25.6. The van der Waals surface area contributed by atoms with Crippen LogP contribution in [0.1, 0.15) is 42.5 Å². The number of fused-ring (bicyclic) bond motifs is 1. The normalized spacial score (nSPS) is 13.3. The van der Waals surface area contributed by atoms with Gasteiger partial charge in [0.1, 0.15) is 12.4 Å². The third-order valence-electron chi connectivity index (χ3n) is 5.55. The number of ether oxygens (including phenoxy) is 1. The van der Waals surface area contributed by atoms with Gasteiger partial charge in [-0.2, -0.15) is 13.2 Å². The molecule has 1 aliphatic rings. The average molecular weight is 479 g/mol. The van der Waals surface area contributed by atoms with Gasteiger partial charge in [-0.1, -0.05) is 26.0 Å². The standard InChI is InChI=1S/C25H29F3N2O4/c1-16(2)11-19-12-17(3-5-21(19)25(26,27)28)15-34-20-4-6-22-18(13-20)8-10-30(22)23(31)14-29-9-7-24(32)33/h3-6,12-13,16,29H,7-11,14-15H2,1-2H3,(H,32,33). The van der Waals surface area contributed by atoms with E-state index in [0.717, 1.165) is 17.3 Å². The number of hydrogen-bond acceptors (Lipinski definition) is 4. The van der Waals surface area contributed by atoms with E-state index in [4.69, 9.17) is 9.84 Å². The minimum atomic E-state index is -4.39. The molecule has 0 fully saturated rings. The van der Waals surface area contributed by atoms with E-state index >= 15 is 0 Å². The highest BCUT2D eigenvalue weighted by molar-refractivity contribution is 5.96. The number of benzene rings is 2. The number of hydrogen-bond donors (Lipinski definition) is 2. The molecule has 0 atom stereocenters. The highest BCUT2D eigenvalue weighted by Gasteiger charge is 2.33. The Balaban J connectivity index is 1.63. The van der Waals surface area contributed by atoms with Gasteiger partial charge in [-0.15, -0.1) is 0 Å². The fourth-order valence-corrected chi connectivity index (χ4v) is 4.00. The molecule has 3 rings (SSSR count). The van der Waals surface area contributed by atoms with E-state index in [1.807, 2.05) is 19.9 Å². The fourth-order valence-electron chi connectivity index (χ4n) is 4.00. The van der Waals surface area contributed by atoms with Crippen molar-refractivity contribution >= 4 is 17.6 Å². The van der Waals surface area contributed by atoms with Crippen molar-refractivity contribution in [3.8, 4) is 5.75 Å². The van der Waals surface area contributed by atoms with Gasteiger partial charge < -0.3 is 20.1 Å². The number of carbonyl (C=O) groups excluding carboxylic acids is 1. The van der Waals surface area contributed by atoms with Gasteiger partial charge in [-0.25, -0.2) is 0 Å². The highest BCUT2D eigenvalue weighted by Crippen LogP contribution is 2.34. The number of carboxylic acids is 1. The van der Waals surface area contributed by atoms with Gasteiger partial charge in [0.15, 0.2) is 0 Å². The quantitative estimate of drug-likeness (QED) is 0.494. The second-order valence-electron chi connectivity index (χ2n) is 8.78. The summed E-state index contributed by atoms with van der Waals surface area (Å²) < 4.78 is 45.8. The van der Waals surface area contributed by atoms with E-state index in [0.29, 0.717) is 30.7 Å². The first-order chi connectivity index (χ1) is 16.0. The van der Waals surface area contributed by atoms with Gasteiger partial charge in [-0.05, 0) is 59.7 Å². The van der Waals surface area contributed by atoms with Crippen LogP contribution in [0.4, 0.5) is 18.9 Å². The van der Waals surface area contributed by atoms with Crippen LogP contribution in [0, 0.1) is 5.92 Å². The molecular weight excluding hydrogens is 449 g/mol. The van der Waals surface area contributed by atoms with Gasteiger partial charge in [0.2, 0.25) is 5.91 Å². The molecule has 2 aromatic carbocycles. The molecule has 0 aromatic heterocycles. The molecule has 0 unspecified atom stereocenters. The molecule has 0 aliphatic carbocycles. The van der Waals surface area contributed by atoms with Crippen molar-refractivity contribution in [3.05, 3.63) is 58.7 Å². The number of amides is 1. The predicted octanol–water partition coefficient (Wildman–Crippen LogP) is 4.44. The van der Waals surface area contributed by atoms with Gasteiger partial charge in [0.25, 0.3) is 0 Å². The van der Waals surface area contributed by atoms with Crippen molar-refractivity contribution in [1.29, 1.82) is 0 Å². The molecule has 6 nitrogen and oxygen atoms in total. The summed E-state index contributed by atoms with van der Waals surface area (Å²) in [6, 6.07) is 9.50. The maximum atomic E-state index is 13.3. The van der Waals surface area contributed by atoms with Crippen LogP contribution in [0.5, 0.6) is 5.75 Å². The topological polar surface area (TPSA) is 78.9 Å². The Hall–Kier alpha value is -3.07. The minimum absolute atomic E-state index is 0.0531. The summed E-state index contributed by atoms with van der Waals surface area (Å²) in [5, 5.41) is 11.5. The maximum absolute atomic E-state index is 13.3. The lowest BCUT2D eigenvalue weighted by atomic mass is 9.96. The lowest BCUT2D eigenvalue weighted by Crippen LogP contribution is -2.37. The van der Waals surface area contributed by atoms with Crippen molar-refractivity contribution in [2.24, 2.45) is 5.92 Å². The number of rotatable bonds is 10. The molecule has 0 radical (unpaired) electrons. The summed E-state index contributed by atoms with van der Waals surface area (Å²) in [4.78, 5) is 24.7. The summed E-state index contributed by atoms with van der Waals surface area (Å²) in [6.45, 7) is 4.70. The third kappa shape index (κ3) is 6.72. The summed E-state index contributed by atoms with van der Waals surface area (Å²) >= 11 is 0. The van der Waals surface area contributed by atoms with E-state index in [1.54, 1.807) is 23.1 Å². The van der Waals surface area contributed by atoms with E-state index in [-0.39, 0.29) is 43.5 Å². The predicted molar refractivity (Wildman–Crippen MR) is 122 cm³/mol. The number of aliphatic carboxylic acids is 1. The van der Waals surface area contributed by atoms with E-state index in [1.165, 1.54) is 6.07 Å². The molecule has 2 N–H and O–H groups in total. The van der Waals surface area contributed by atoms with Gasteiger partial charge in [-0.3, -0.25) is 9.59 Å². The van der Waals surface area contributed by atoms with E-state index in [2.05, 4.69) is 5.32 Å². The molecule has 1 amide bonds. The van der Waals surface area contributed by atoms with E-state index < -0.39 is 17.7 Å². The number of halogens is 3. The lowest BCUT2D eigenvalue weighted by Gasteiger charge is -2.18. The van der Waals surface area contributed by atoms with Crippen LogP contribution >= 0.6 is 0 Å². The number of nitrogens with one attached hydrogen (secondary N) is 1. The van der Waals surface area contributed by atoms with Crippen LogP contribution in [0.3, 0.4) is 0 Å². The van der Waals surface area contributed by atoms with Crippen LogP contribution in [0.25, 0.3) is 0 Å². The fraction of sp³-hybridized carbons (Fsp3) is 0.440. The Labute approximate surface area is 196 Å². The summed E-state index contributed by atoms with van der Waals surface area (Å²) in [5.41, 5.74) is 2.05. The van der Waals surface area contributed by atoms with Crippen molar-refractivity contribution in [3.63, 3.8) is 0 Å². The number of alkyl halides is 3. The summed E-state index contributed by atoms with van der Waals surface area (Å²) in [5.74, 6) is -0.392. The molecule has 0 spiro atoms. The molecule has 2 aromatic rings.